The van der Waals surface area contributed by atoms with Crippen molar-refractivity contribution in [3.05, 3.63) is 90.4 Å². The van der Waals surface area contributed by atoms with E-state index in [1.807, 2.05) is 24.3 Å². The monoisotopic (exact) mass is 469 g/mol. The first-order valence-corrected chi connectivity index (χ1v) is 11.3. The van der Waals surface area contributed by atoms with Gasteiger partial charge in [-0.25, -0.2) is 13.6 Å². The highest BCUT2D eigenvalue weighted by Gasteiger charge is 2.32. The molecule has 2 aromatic heterocycles. The largest absolute Gasteiger partial charge is 0.433 e. The summed E-state index contributed by atoms with van der Waals surface area (Å²) in [6.07, 6.45) is -3.31. The Bertz CT molecular complexity index is 1430. The van der Waals surface area contributed by atoms with Crippen LogP contribution in [0.3, 0.4) is 0 Å². The smallest absolute Gasteiger partial charge is 0.253 e. The lowest BCUT2D eigenvalue weighted by molar-refractivity contribution is -0.141. The van der Waals surface area contributed by atoms with Gasteiger partial charge >= 0.3 is 6.18 Å². The number of hydrogen-bond acceptors (Lipinski definition) is 4. The van der Waals surface area contributed by atoms with Crippen LogP contribution in [0, 0.1) is 6.92 Å². The summed E-state index contributed by atoms with van der Waals surface area (Å²) in [5, 5.41) is 5.24. The van der Waals surface area contributed by atoms with Crippen LogP contribution in [0.2, 0.25) is 0 Å². The van der Waals surface area contributed by atoms with Gasteiger partial charge in [0.15, 0.2) is 0 Å². The van der Waals surface area contributed by atoms with Crippen molar-refractivity contribution in [2.45, 2.75) is 18.0 Å². The molecular formula is C24H18F3N3O2S. The highest BCUT2D eigenvalue weighted by atomic mass is 32.2. The van der Waals surface area contributed by atoms with E-state index >= 15 is 0 Å². The maximum atomic E-state index is 12.8. The van der Waals surface area contributed by atoms with E-state index in [0.717, 1.165) is 17.2 Å². The molecule has 0 aliphatic heterocycles. The zero-order chi connectivity index (χ0) is 23.8. The normalized spacial score (nSPS) is 12.0. The molecule has 0 saturated carbocycles. The molecule has 4 rings (SSSR count). The maximum Gasteiger partial charge on any atom is 0.433 e. The average Bonchev–Trinajstić information content (AvgIpc) is 2.78. The van der Waals surface area contributed by atoms with E-state index < -0.39 is 21.9 Å². The van der Waals surface area contributed by atoms with Crippen LogP contribution in [0.4, 0.5) is 13.2 Å². The number of pyridine rings is 2. The summed E-state index contributed by atoms with van der Waals surface area (Å²) in [7, 11) is -3.84. The molecule has 0 unspecified atom stereocenters. The van der Waals surface area contributed by atoms with Crippen LogP contribution in [0.5, 0.6) is 0 Å². The van der Waals surface area contributed by atoms with Gasteiger partial charge < -0.3 is 0 Å². The van der Waals surface area contributed by atoms with Crippen molar-refractivity contribution in [1.82, 2.24) is 9.97 Å². The molecule has 0 amide bonds. The van der Waals surface area contributed by atoms with E-state index in [0.29, 0.717) is 28.1 Å². The summed E-state index contributed by atoms with van der Waals surface area (Å²) in [6, 6.07) is 19.5. The van der Waals surface area contributed by atoms with Crippen molar-refractivity contribution in [2.75, 3.05) is 0 Å². The highest BCUT2D eigenvalue weighted by Crippen LogP contribution is 2.32. The van der Waals surface area contributed by atoms with Gasteiger partial charge in [-0.05, 0) is 60.0 Å². The molecule has 5 nitrogen and oxygen atoms in total. The summed E-state index contributed by atoms with van der Waals surface area (Å²) in [5.41, 5.74) is 3.76. The molecule has 2 aromatic carbocycles. The van der Waals surface area contributed by atoms with Gasteiger partial charge in [0.1, 0.15) is 5.69 Å². The summed E-state index contributed by atoms with van der Waals surface area (Å²) < 4.78 is 61.9. The Kier molecular flexibility index (Phi) is 5.77. The van der Waals surface area contributed by atoms with Gasteiger partial charge in [-0.1, -0.05) is 36.4 Å². The summed E-state index contributed by atoms with van der Waals surface area (Å²) >= 11 is 0. The van der Waals surface area contributed by atoms with Crippen molar-refractivity contribution in [2.24, 2.45) is 5.14 Å². The number of halogens is 3. The number of rotatable bonds is 4. The van der Waals surface area contributed by atoms with Crippen LogP contribution in [-0.4, -0.2) is 18.4 Å². The fourth-order valence-corrected chi connectivity index (χ4v) is 3.99. The SMILES string of the molecule is Cc1cc(-c2ccc(C(F)(F)F)nc2)cc(-c2cccc(-c3cccc(S(N)(=O)=O)c3)c2)n1. The van der Waals surface area contributed by atoms with Crippen LogP contribution >= 0.6 is 0 Å². The third-order valence-corrected chi connectivity index (χ3v) is 5.91. The van der Waals surface area contributed by atoms with Crippen molar-refractivity contribution in [3.8, 4) is 33.5 Å². The Labute approximate surface area is 188 Å². The molecule has 2 heterocycles. The van der Waals surface area contributed by atoms with E-state index in [2.05, 4.69) is 9.97 Å². The number of benzene rings is 2. The summed E-state index contributed by atoms with van der Waals surface area (Å²) in [4.78, 5) is 8.11. The van der Waals surface area contributed by atoms with Gasteiger partial charge in [-0.15, -0.1) is 0 Å². The van der Waals surface area contributed by atoms with Crippen molar-refractivity contribution in [1.29, 1.82) is 0 Å². The number of sulfonamides is 1. The van der Waals surface area contributed by atoms with E-state index in [-0.39, 0.29) is 4.90 Å². The Morgan fingerprint density at radius 1 is 0.788 bits per heavy atom. The van der Waals surface area contributed by atoms with Gasteiger partial charge in [0.2, 0.25) is 10.0 Å². The topological polar surface area (TPSA) is 85.9 Å². The average molecular weight is 469 g/mol. The second-order valence-corrected chi connectivity index (χ2v) is 9.03. The predicted molar refractivity (Wildman–Crippen MR) is 119 cm³/mol. The van der Waals surface area contributed by atoms with Crippen molar-refractivity contribution >= 4 is 10.0 Å². The Hall–Kier alpha value is -3.56. The van der Waals surface area contributed by atoms with E-state index in [9.17, 15) is 21.6 Å². The molecule has 0 saturated heterocycles. The Morgan fingerprint density at radius 3 is 2.09 bits per heavy atom. The lowest BCUT2D eigenvalue weighted by Gasteiger charge is -2.11. The quantitative estimate of drug-likeness (QED) is 0.431. The third kappa shape index (κ3) is 5.10. The molecule has 2 N–H and O–H groups in total. The van der Waals surface area contributed by atoms with Crippen LogP contribution in [-0.2, 0) is 16.2 Å². The first kappa shape index (κ1) is 22.6. The fourth-order valence-electron chi connectivity index (χ4n) is 3.43. The van der Waals surface area contributed by atoms with E-state index in [1.54, 1.807) is 31.2 Å². The van der Waals surface area contributed by atoms with Gasteiger partial charge in [-0.2, -0.15) is 13.2 Å². The van der Waals surface area contributed by atoms with Crippen LogP contribution < -0.4 is 5.14 Å². The molecule has 0 radical (unpaired) electrons. The molecule has 0 aliphatic carbocycles. The van der Waals surface area contributed by atoms with Gasteiger partial charge in [0, 0.05) is 23.0 Å². The first-order chi connectivity index (χ1) is 15.5. The zero-order valence-corrected chi connectivity index (χ0v) is 18.2. The Balaban J connectivity index is 1.73. The summed E-state index contributed by atoms with van der Waals surface area (Å²) in [6.45, 7) is 1.80. The van der Waals surface area contributed by atoms with E-state index in [1.165, 1.54) is 24.4 Å². The first-order valence-electron chi connectivity index (χ1n) is 9.77. The number of primary sulfonamides is 1. The zero-order valence-electron chi connectivity index (χ0n) is 17.3. The third-order valence-electron chi connectivity index (χ3n) is 4.99. The molecule has 4 aromatic rings. The van der Waals surface area contributed by atoms with Gasteiger partial charge in [0.25, 0.3) is 0 Å². The number of nitrogens with two attached hydrogens (primary N) is 1. The van der Waals surface area contributed by atoms with Crippen molar-refractivity contribution in [3.63, 3.8) is 0 Å². The molecule has 9 heteroatoms. The second kappa shape index (κ2) is 8.42. The lowest BCUT2D eigenvalue weighted by atomic mass is 9.99. The van der Waals surface area contributed by atoms with Gasteiger partial charge in [0.05, 0.1) is 10.6 Å². The molecular weight excluding hydrogens is 451 g/mol. The van der Waals surface area contributed by atoms with Crippen LogP contribution in [0.1, 0.15) is 11.4 Å². The second-order valence-electron chi connectivity index (χ2n) is 7.47. The standard InChI is InChI=1S/C24H18F3N3O2S/c1-15-10-20(19-8-9-23(29-14-19)24(25,26)27)13-22(30-15)18-6-2-4-16(11-18)17-5-3-7-21(12-17)33(28,31)32/h2-14H,1H3,(H2,28,31,32). The number of hydrogen-bond donors (Lipinski definition) is 1. The number of aryl methyl sites for hydroxylation is 1. The maximum absolute atomic E-state index is 12.8. The molecule has 0 aliphatic rings. The number of nitrogens with zero attached hydrogens (tertiary/aromatic N) is 2. The van der Waals surface area contributed by atoms with Crippen LogP contribution in [0.25, 0.3) is 33.5 Å². The minimum absolute atomic E-state index is 0.0103. The number of aromatic nitrogens is 2. The minimum Gasteiger partial charge on any atom is -0.253 e. The fraction of sp³-hybridized carbons (Fsp3) is 0.0833. The number of alkyl halides is 3. The molecule has 0 bridgehead atoms. The molecule has 33 heavy (non-hydrogen) atoms. The Morgan fingerprint density at radius 2 is 1.45 bits per heavy atom. The summed E-state index contributed by atoms with van der Waals surface area (Å²) in [5.74, 6) is 0. The molecule has 0 atom stereocenters. The van der Waals surface area contributed by atoms with Gasteiger partial charge in [-0.3, -0.25) is 9.97 Å². The minimum atomic E-state index is -4.50. The highest BCUT2D eigenvalue weighted by molar-refractivity contribution is 7.89. The van der Waals surface area contributed by atoms with Crippen molar-refractivity contribution < 1.29 is 21.6 Å². The molecule has 0 fully saturated rings. The lowest BCUT2D eigenvalue weighted by Crippen LogP contribution is -2.11. The predicted octanol–water partition coefficient (Wildman–Crippen LogP) is 5.45. The van der Waals surface area contributed by atoms with E-state index in [4.69, 9.17) is 5.14 Å². The van der Waals surface area contributed by atoms with Crippen LogP contribution in [0.15, 0.2) is 83.9 Å². The molecule has 168 valence electrons. The molecule has 0 spiro atoms.